The van der Waals surface area contributed by atoms with Crippen LogP contribution in [0.25, 0.3) is 6.08 Å². The van der Waals surface area contributed by atoms with Crippen molar-refractivity contribution in [2.45, 2.75) is 19.8 Å². The highest BCUT2D eigenvalue weighted by molar-refractivity contribution is 5.94. The fourth-order valence-corrected chi connectivity index (χ4v) is 1.54. The van der Waals surface area contributed by atoms with Gasteiger partial charge in [-0.15, -0.1) is 0 Å². The average Bonchev–Trinajstić information content (AvgIpc) is 2.42. The summed E-state index contributed by atoms with van der Waals surface area (Å²) in [5, 5.41) is 2.55. The van der Waals surface area contributed by atoms with E-state index in [1.54, 1.807) is 20.2 Å². The second-order valence-corrected chi connectivity index (χ2v) is 5.16. The van der Waals surface area contributed by atoms with E-state index in [2.05, 4.69) is 31.3 Å². The Morgan fingerprint density at radius 1 is 1.20 bits per heavy atom. The molecule has 1 aromatic carbocycles. The van der Waals surface area contributed by atoms with Crippen molar-refractivity contribution in [2.75, 3.05) is 20.6 Å². The van der Waals surface area contributed by atoms with Crippen LogP contribution in [0.2, 0.25) is 0 Å². The van der Waals surface area contributed by atoms with E-state index in [0.29, 0.717) is 5.92 Å². The summed E-state index contributed by atoms with van der Waals surface area (Å²) in [7, 11) is 3.31. The van der Waals surface area contributed by atoms with Crippen molar-refractivity contribution in [3.05, 3.63) is 41.5 Å². The molecule has 0 saturated heterocycles. The maximum Gasteiger partial charge on any atom is 0.244 e. The molecule has 0 aromatic heterocycles. The molecule has 0 atom stereocenters. The van der Waals surface area contributed by atoms with E-state index in [1.165, 1.54) is 16.5 Å². The Labute approximate surface area is 120 Å². The first kappa shape index (κ1) is 16.0. The van der Waals surface area contributed by atoms with Crippen LogP contribution in [0.3, 0.4) is 0 Å². The highest BCUT2D eigenvalue weighted by atomic mass is 16.2. The molecule has 0 aliphatic rings. The van der Waals surface area contributed by atoms with Crippen LogP contribution in [-0.4, -0.2) is 37.4 Å². The van der Waals surface area contributed by atoms with Crippen molar-refractivity contribution in [3.63, 3.8) is 0 Å². The van der Waals surface area contributed by atoms with Crippen LogP contribution in [0.4, 0.5) is 0 Å². The van der Waals surface area contributed by atoms with E-state index in [0.717, 1.165) is 5.56 Å². The largest absolute Gasteiger partial charge is 0.347 e. The van der Waals surface area contributed by atoms with Crippen LogP contribution >= 0.6 is 0 Å². The van der Waals surface area contributed by atoms with Crippen LogP contribution < -0.4 is 5.32 Å². The third kappa shape index (κ3) is 5.26. The van der Waals surface area contributed by atoms with Crippen LogP contribution in [0, 0.1) is 0 Å². The Morgan fingerprint density at radius 3 is 2.30 bits per heavy atom. The van der Waals surface area contributed by atoms with Crippen molar-refractivity contribution in [1.29, 1.82) is 0 Å². The van der Waals surface area contributed by atoms with Gasteiger partial charge in [0.2, 0.25) is 11.8 Å². The van der Waals surface area contributed by atoms with Crippen LogP contribution in [0.1, 0.15) is 30.9 Å². The molecule has 0 radical (unpaired) electrons. The molecule has 4 nitrogen and oxygen atoms in total. The molecule has 4 heteroatoms. The van der Waals surface area contributed by atoms with E-state index in [9.17, 15) is 9.59 Å². The number of likely N-dealkylation sites (N-methyl/N-ethyl adjacent to an activating group) is 1. The number of nitrogens with zero attached hydrogens (tertiary/aromatic N) is 1. The first-order valence-corrected chi connectivity index (χ1v) is 6.66. The van der Waals surface area contributed by atoms with E-state index < -0.39 is 0 Å². The summed E-state index contributed by atoms with van der Waals surface area (Å²) >= 11 is 0. The van der Waals surface area contributed by atoms with Crippen molar-refractivity contribution < 1.29 is 9.59 Å². The lowest BCUT2D eigenvalue weighted by Crippen LogP contribution is -2.35. The molecule has 20 heavy (non-hydrogen) atoms. The van der Waals surface area contributed by atoms with Crippen LogP contribution in [-0.2, 0) is 9.59 Å². The van der Waals surface area contributed by atoms with Crippen LogP contribution in [0.5, 0.6) is 0 Å². The number of hydrogen-bond donors (Lipinski definition) is 1. The van der Waals surface area contributed by atoms with Gasteiger partial charge in [0.25, 0.3) is 0 Å². The van der Waals surface area contributed by atoms with Gasteiger partial charge in [-0.05, 0) is 23.1 Å². The standard InChI is InChI=1S/C16H22N2O2/c1-12(2)14-8-5-13(6-9-14)7-10-15(19)17-11-16(20)18(3)4/h5-10,12H,11H2,1-4H3,(H,17,19)/b10-7+. The summed E-state index contributed by atoms with van der Waals surface area (Å²) in [5.74, 6) is 0.0922. The normalized spacial score (nSPS) is 10.8. The van der Waals surface area contributed by atoms with Gasteiger partial charge in [0, 0.05) is 20.2 Å². The quantitative estimate of drug-likeness (QED) is 0.835. The Hall–Kier alpha value is -2.10. The maximum atomic E-state index is 11.5. The second kappa shape index (κ2) is 7.48. The molecule has 2 amide bonds. The smallest absolute Gasteiger partial charge is 0.244 e. The SMILES string of the molecule is CC(C)c1ccc(/C=C/C(=O)NCC(=O)N(C)C)cc1. The Bertz CT molecular complexity index is 488. The monoisotopic (exact) mass is 274 g/mol. The Kier molecular flexibility index (Phi) is 5.97. The summed E-state index contributed by atoms with van der Waals surface area (Å²) in [6.07, 6.45) is 3.17. The van der Waals surface area contributed by atoms with Gasteiger partial charge < -0.3 is 10.2 Å². The molecular formula is C16H22N2O2. The highest BCUT2D eigenvalue weighted by Gasteiger charge is 2.04. The minimum Gasteiger partial charge on any atom is -0.347 e. The molecule has 0 unspecified atom stereocenters. The summed E-state index contributed by atoms with van der Waals surface area (Å²) in [6, 6.07) is 8.06. The van der Waals surface area contributed by atoms with Gasteiger partial charge in [-0.3, -0.25) is 9.59 Å². The number of carbonyl (C=O) groups excluding carboxylic acids is 2. The van der Waals surface area contributed by atoms with E-state index in [4.69, 9.17) is 0 Å². The topological polar surface area (TPSA) is 49.4 Å². The lowest BCUT2D eigenvalue weighted by molar-refractivity contribution is -0.129. The predicted octanol–water partition coefficient (Wildman–Crippen LogP) is 2.03. The number of nitrogens with one attached hydrogen (secondary N) is 1. The number of hydrogen-bond acceptors (Lipinski definition) is 2. The van der Waals surface area contributed by atoms with Gasteiger partial charge in [-0.1, -0.05) is 38.1 Å². The van der Waals surface area contributed by atoms with Gasteiger partial charge in [0.1, 0.15) is 0 Å². The molecule has 1 N–H and O–H groups in total. The van der Waals surface area contributed by atoms with E-state index in [-0.39, 0.29) is 18.4 Å². The minimum atomic E-state index is -0.270. The summed E-state index contributed by atoms with van der Waals surface area (Å²) in [5.41, 5.74) is 2.23. The van der Waals surface area contributed by atoms with Crippen molar-refractivity contribution in [2.24, 2.45) is 0 Å². The van der Waals surface area contributed by atoms with Crippen LogP contribution in [0.15, 0.2) is 30.3 Å². The lowest BCUT2D eigenvalue weighted by atomic mass is 10.0. The lowest BCUT2D eigenvalue weighted by Gasteiger charge is -2.09. The zero-order valence-corrected chi connectivity index (χ0v) is 12.5. The number of benzene rings is 1. The van der Waals surface area contributed by atoms with Gasteiger partial charge in [-0.2, -0.15) is 0 Å². The fourth-order valence-electron chi connectivity index (χ4n) is 1.54. The Morgan fingerprint density at radius 2 is 1.80 bits per heavy atom. The zero-order chi connectivity index (χ0) is 15.1. The minimum absolute atomic E-state index is 0.0163. The van der Waals surface area contributed by atoms with Crippen molar-refractivity contribution in [3.8, 4) is 0 Å². The molecule has 0 aliphatic carbocycles. The molecule has 0 spiro atoms. The number of amides is 2. The molecule has 108 valence electrons. The van der Waals surface area contributed by atoms with Gasteiger partial charge in [0.15, 0.2) is 0 Å². The van der Waals surface area contributed by atoms with Gasteiger partial charge in [-0.25, -0.2) is 0 Å². The molecule has 0 saturated carbocycles. The molecule has 0 heterocycles. The summed E-state index contributed by atoms with van der Waals surface area (Å²) in [6.45, 7) is 4.29. The zero-order valence-electron chi connectivity index (χ0n) is 12.5. The maximum absolute atomic E-state index is 11.5. The molecule has 0 aliphatic heterocycles. The van der Waals surface area contributed by atoms with Gasteiger partial charge >= 0.3 is 0 Å². The first-order valence-electron chi connectivity index (χ1n) is 6.66. The first-order chi connectivity index (χ1) is 9.40. The summed E-state index contributed by atoms with van der Waals surface area (Å²) in [4.78, 5) is 24.3. The third-order valence-electron chi connectivity index (χ3n) is 2.94. The molecule has 0 fully saturated rings. The summed E-state index contributed by atoms with van der Waals surface area (Å²) < 4.78 is 0. The second-order valence-electron chi connectivity index (χ2n) is 5.16. The predicted molar refractivity (Wildman–Crippen MR) is 81.3 cm³/mol. The molecule has 1 rings (SSSR count). The van der Waals surface area contributed by atoms with Crippen molar-refractivity contribution >= 4 is 17.9 Å². The van der Waals surface area contributed by atoms with E-state index >= 15 is 0 Å². The number of rotatable bonds is 5. The molecule has 1 aromatic rings. The molecular weight excluding hydrogens is 252 g/mol. The average molecular weight is 274 g/mol. The Balaban J connectivity index is 2.51. The molecule has 0 bridgehead atoms. The van der Waals surface area contributed by atoms with Crippen molar-refractivity contribution in [1.82, 2.24) is 10.2 Å². The number of carbonyl (C=O) groups is 2. The fraction of sp³-hybridized carbons (Fsp3) is 0.375. The van der Waals surface area contributed by atoms with E-state index in [1.807, 2.05) is 12.1 Å². The highest BCUT2D eigenvalue weighted by Crippen LogP contribution is 2.15. The van der Waals surface area contributed by atoms with Gasteiger partial charge in [0.05, 0.1) is 6.54 Å². The third-order valence-corrected chi connectivity index (χ3v) is 2.94.